The van der Waals surface area contributed by atoms with Crippen molar-refractivity contribution in [3.05, 3.63) is 88.9 Å². The molecule has 0 spiro atoms. The van der Waals surface area contributed by atoms with Crippen LogP contribution in [-0.4, -0.2) is 13.0 Å². The molecule has 0 aliphatic heterocycles. The van der Waals surface area contributed by atoms with Crippen LogP contribution in [0.4, 0.5) is 5.69 Å². The molecule has 1 N–H and O–H groups in total. The van der Waals surface area contributed by atoms with Crippen LogP contribution in [0.25, 0.3) is 0 Å². The number of hydrogen-bond donors (Lipinski definition) is 1. The number of ether oxygens (including phenoxy) is 2. The van der Waals surface area contributed by atoms with Crippen molar-refractivity contribution in [3.63, 3.8) is 0 Å². The molecule has 6 heteroatoms. The van der Waals surface area contributed by atoms with Gasteiger partial charge in [0.05, 0.1) is 23.8 Å². The first-order chi connectivity index (χ1) is 13.6. The van der Waals surface area contributed by atoms with E-state index in [1.807, 2.05) is 18.2 Å². The largest absolute Gasteiger partial charge is 0.495 e. The van der Waals surface area contributed by atoms with Crippen LogP contribution in [0.1, 0.15) is 17.2 Å². The van der Waals surface area contributed by atoms with E-state index < -0.39 is 6.10 Å². The van der Waals surface area contributed by atoms with E-state index in [9.17, 15) is 4.79 Å². The number of rotatable bonds is 6. The average molecular weight is 393 g/mol. The van der Waals surface area contributed by atoms with E-state index in [1.165, 1.54) is 7.11 Å². The van der Waals surface area contributed by atoms with Crippen LogP contribution in [-0.2, 0) is 4.79 Å². The van der Waals surface area contributed by atoms with Crippen LogP contribution in [0.3, 0.4) is 0 Å². The first kappa shape index (κ1) is 19.3. The zero-order chi connectivity index (χ0) is 19.9. The van der Waals surface area contributed by atoms with Gasteiger partial charge in [0, 0.05) is 11.3 Å². The molecule has 0 saturated heterocycles. The standard InChI is InChI=1S/C22H17ClN2O3/c1-27-20-11-10-17(13-19(20)23)25-22(26)21(16-7-3-2-4-8-16)28-18-9-5-6-15(12-18)14-24/h2-13,21H,1H3,(H,25,26)/t21-/m1/s1. The molecule has 0 aliphatic rings. The van der Waals surface area contributed by atoms with E-state index in [4.69, 9.17) is 26.3 Å². The van der Waals surface area contributed by atoms with E-state index in [-0.39, 0.29) is 5.91 Å². The molecule has 3 rings (SSSR count). The number of carbonyl (C=O) groups is 1. The molecule has 0 radical (unpaired) electrons. The fourth-order valence-corrected chi connectivity index (χ4v) is 2.89. The molecule has 140 valence electrons. The first-order valence-electron chi connectivity index (χ1n) is 8.47. The molecule has 0 unspecified atom stereocenters. The Morgan fingerprint density at radius 3 is 2.54 bits per heavy atom. The molecule has 0 saturated carbocycles. The number of nitrogens with zero attached hydrogens (tertiary/aromatic N) is 1. The average Bonchev–Trinajstić information content (AvgIpc) is 2.73. The Morgan fingerprint density at radius 1 is 1.07 bits per heavy atom. The third-order valence-corrected chi connectivity index (χ3v) is 4.27. The Bertz CT molecular complexity index is 1020. The van der Waals surface area contributed by atoms with E-state index in [1.54, 1.807) is 54.6 Å². The van der Waals surface area contributed by atoms with Crippen LogP contribution in [0, 0.1) is 11.3 Å². The van der Waals surface area contributed by atoms with Gasteiger partial charge in [0.2, 0.25) is 6.10 Å². The number of anilines is 1. The Balaban J connectivity index is 1.87. The molecule has 28 heavy (non-hydrogen) atoms. The zero-order valence-electron chi connectivity index (χ0n) is 15.1. The van der Waals surface area contributed by atoms with Crippen LogP contribution in [0.15, 0.2) is 72.8 Å². The molecule has 0 aliphatic carbocycles. The summed E-state index contributed by atoms with van der Waals surface area (Å²) in [6, 6.07) is 22.8. The van der Waals surface area contributed by atoms with Gasteiger partial charge in [-0.3, -0.25) is 4.79 Å². The van der Waals surface area contributed by atoms with E-state index in [0.29, 0.717) is 33.3 Å². The molecule has 1 atom stereocenters. The second-order valence-electron chi connectivity index (χ2n) is 5.89. The van der Waals surface area contributed by atoms with E-state index >= 15 is 0 Å². The van der Waals surface area contributed by atoms with Gasteiger partial charge < -0.3 is 14.8 Å². The number of methoxy groups -OCH3 is 1. The Kier molecular flexibility index (Phi) is 6.15. The number of amides is 1. The predicted octanol–water partition coefficient (Wildman–Crippen LogP) is 4.98. The molecule has 1 amide bonds. The van der Waals surface area contributed by atoms with Crippen molar-refractivity contribution in [1.29, 1.82) is 5.26 Å². The third-order valence-electron chi connectivity index (χ3n) is 3.98. The predicted molar refractivity (Wildman–Crippen MR) is 108 cm³/mol. The molecule has 5 nitrogen and oxygen atoms in total. The first-order valence-corrected chi connectivity index (χ1v) is 8.84. The minimum absolute atomic E-state index is 0.366. The van der Waals surface area contributed by atoms with Gasteiger partial charge in [-0.15, -0.1) is 0 Å². The number of nitrogens with one attached hydrogen (secondary N) is 1. The highest BCUT2D eigenvalue weighted by molar-refractivity contribution is 6.32. The highest BCUT2D eigenvalue weighted by Crippen LogP contribution is 2.29. The van der Waals surface area contributed by atoms with Crippen molar-refractivity contribution in [1.82, 2.24) is 0 Å². The van der Waals surface area contributed by atoms with E-state index in [2.05, 4.69) is 11.4 Å². The van der Waals surface area contributed by atoms with Gasteiger partial charge in [-0.25, -0.2) is 0 Å². The van der Waals surface area contributed by atoms with Gasteiger partial charge in [-0.05, 0) is 36.4 Å². The van der Waals surface area contributed by atoms with Gasteiger partial charge in [0.15, 0.2) is 0 Å². The quantitative estimate of drug-likeness (QED) is 0.642. The van der Waals surface area contributed by atoms with Crippen LogP contribution in [0.2, 0.25) is 5.02 Å². The Hall–Kier alpha value is -3.49. The summed E-state index contributed by atoms with van der Waals surface area (Å²) in [4.78, 5) is 13.0. The van der Waals surface area contributed by atoms with Crippen LogP contribution >= 0.6 is 11.6 Å². The SMILES string of the molecule is COc1ccc(NC(=O)[C@H](Oc2cccc(C#N)c2)c2ccccc2)cc1Cl. The van der Waals surface area contributed by atoms with Gasteiger partial charge >= 0.3 is 0 Å². The zero-order valence-corrected chi connectivity index (χ0v) is 15.8. The van der Waals surface area contributed by atoms with Crippen molar-refractivity contribution in [3.8, 4) is 17.6 Å². The molecular weight excluding hydrogens is 376 g/mol. The van der Waals surface area contributed by atoms with Crippen LogP contribution in [0.5, 0.6) is 11.5 Å². The van der Waals surface area contributed by atoms with Gasteiger partial charge in [0.1, 0.15) is 11.5 Å². The van der Waals surface area contributed by atoms with Crippen molar-refractivity contribution >= 4 is 23.2 Å². The summed E-state index contributed by atoms with van der Waals surface area (Å²) in [7, 11) is 1.52. The molecule has 3 aromatic rings. The maximum absolute atomic E-state index is 13.0. The second kappa shape index (κ2) is 8.94. The molecule has 3 aromatic carbocycles. The lowest BCUT2D eigenvalue weighted by atomic mass is 10.1. The number of benzene rings is 3. The molecule has 0 fully saturated rings. The Labute approximate surface area is 168 Å². The lowest BCUT2D eigenvalue weighted by molar-refractivity contribution is -0.123. The highest BCUT2D eigenvalue weighted by atomic mass is 35.5. The molecule has 0 heterocycles. The molecule has 0 aromatic heterocycles. The maximum atomic E-state index is 13.0. The monoisotopic (exact) mass is 392 g/mol. The van der Waals surface area contributed by atoms with Crippen molar-refractivity contribution in [2.45, 2.75) is 6.10 Å². The molecular formula is C22H17ClN2O3. The van der Waals surface area contributed by atoms with Gasteiger partial charge in [0.25, 0.3) is 5.91 Å². The highest BCUT2D eigenvalue weighted by Gasteiger charge is 2.23. The summed E-state index contributed by atoms with van der Waals surface area (Å²) in [5.74, 6) is 0.578. The minimum atomic E-state index is -0.906. The van der Waals surface area contributed by atoms with Crippen LogP contribution < -0.4 is 14.8 Å². The topological polar surface area (TPSA) is 71.3 Å². The second-order valence-corrected chi connectivity index (χ2v) is 6.29. The summed E-state index contributed by atoms with van der Waals surface area (Å²) < 4.78 is 11.1. The molecule has 0 bridgehead atoms. The summed E-state index contributed by atoms with van der Waals surface area (Å²) >= 11 is 6.13. The fraction of sp³-hybridized carbons (Fsp3) is 0.0909. The number of hydrogen-bond acceptors (Lipinski definition) is 4. The fourth-order valence-electron chi connectivity index (χ4n) is 2.63. The summed E-state index contributed by atoms with van der Waals surface area (Å²) in [5.41, 5.74) is 1.65. The summed E-state index contributed by atoms with van der Waals surface area (Å²) in [6.07, 6.45) is -0.906. The van der Waals surface area contributed by atoms with Gasteiger partial charge in [-0.1, -0.05) is 48.0 Å². The van der Waals surface area contributed by atoms with Gasteiger partial charge in [-0.2, -0.15) is 5.26 Å². The normalized spacial score (nSPS) is 11.2. The van der Waals surface area contributed by atoms with Crippen molar-refractivity contribution in [2.24, 2.45) is 0 Å². The summed E-state index contributed by atoms with van der Waals surface area (Å²) in [5, 5.41) is 12.3. The number of halogens is 1. The maximum Gasteiger partial charge on any atom is 0.270 e. The summed E-state index contributed by atoms with van der Waals surface area (Å²) in [6.45, 7) is 0. The lowest BCUT2D eigenvalue weighted by Crippen LogP contribution is -2.25. The number of carbonyl (C=O) groups excluding carboxylic acids is 1. The smallest absolute Gasteiger partial charge is 0.270 e. The third kappa shape index (κ3) is 4.61. The van der Waals surface area contributed by atoms with Crippen molar-refractivity contribution < 1.29 is 14.3 Å². The van der Waals surface area contributed by atoms with Crippen molar-refractivity contribution in [2.75, 3.05) is 12.4 Å². The lowest BCUT2D eigenvalue weighted by Gasteiger charge is -2.19. The minimum Gasteiger partial charge on any atom is -0.495 e. The Morgan fingerprint density at radius 2 is 1.86 bits per heavy atom. The van der Waals surface area contributed by atoms with E-state index in [0.717, 1.165) is 0 Å². The number of nitriles is 1.